The van der Waals surface area contributed by atoms with Crippen molar-refractivity contribution in [2.24, 2.45) is 0 Å². The molecular formula is C26H29N3OS. The molecule has 1 unspecified atom stereocenters. The molecule has 1 aliphatic rings. The van der Waals surface area contributed by atoms with Gasteiger partial charge in [0.15, 0.2) is 5.58 Å². The Morgan fingerprint density at radius 3 is 2.94 bits per heavy atom. The molecule has 1 atom stereocenters. The van der Waals surface area contributed by atoms with Crippen molar-refractivity contribution >= 4 is 33.9 Å². The minimum atomic E-state index is 0.301. The number of allylic oxidation sites excluding steroid dienone is 5. The van der Waals surface area contributed by atoms with Crippen LogP contribution < -0.4 is 10.6 Å². The Hall–Kier alpha value is -3.02. The van der Waals surface area contributed by atoms with Crippen LogP contribution in [0.15, 0.2) is 95.5 Å². The zero-order valence-electron chi connectivity index (χ0n) is 17.9. The third-order valence-electron chi connectivity index (χ3n) is 4.86. The smallest absolute Gasteiger partial charge is 0.226 e. The molecule has 0 aliphatic heterocycles. The van der Waals surface area contributed by atoms with E-state index in [0.29, 0.717) is 18.5 Å². The molecule has 5 heteroatoms. The van der Waals surface area contributed by atoms with E-state index in [0.717, 1.165) is 46.6 Å². The van der Waals surface area contributed by atoms with Gasteiger partial charge in [-0.1, -0.05) is 85.6 Å². The summed E-state index contributed by atoms with van der Waals surface area (Å²) >= 11 is 5.45. The zero-order chi connectivity index (χ0) is 21.9. The van der Waals surface area contributed by atoms with Gasteiger partial charge in [0.2, 0.25) is 5.89 Å². The van der Waals surface area contributed by atoms with Crippen molar-refractivity contribution < 1.29 is 4.42 Å². The van der Waals surface area contributed by atoms with E-state index in [9.17, 15) is 0 Å². The number of hydrogen-bond donors (Lipinski definition) is 2. The average Bonchev–Trinajstić information content (AvgIpc) is 3.23. The van der Waals surface area contributed by atoms with E-state index in [4.69, 9.17) is 16.6 Å². The molecular weight excluding hydrogens is 402 g/mol. The molecule has 3 rings (SSSR count). The number of oxazole rings is 1. The first-order valence-electron chi connectivity index (χ1n) is 10.6. The van der Waals surface area contributed by atoms with Crippen LogP contribution >= 0.6 is 12.2 Å². The molecule has 2 N–H and O–H groups in total. The zero-order valence-corrected chi connectivity index (χ0v) is 18.7. The van der Waals surface area contributed by atoms with Crippen LogP contribution in [0.2, 0.25) is 0 Å². The number of fused-ring (bicyclic) bond motifs is 1. The van der Waals surface area contributed by atoms with E-state index < -0.39 is 0 Å². The predicted octanol–water partition coefficient (Wildman–Crippen LogP) is 5.68. The van der Waals surface area contributed by atoms with Gasteiger partial charge in [-0.2, -0.15) is 0 Å². The monoisotopic (exact) mass is 431 g/mol. The quantitative estimate of drug-likeness (QED) is 0.219. The number of aromatic nitrogens is 1. The molecule has 2 aromatic rings. The molecule has 160 valence electrons. The standard InChI is InChI=1S/C26H29N3OS/c1-3-5-6-9-18-28-26(31)20(4-2)11-10-19-27-22-16-14-21(15-17-22)25-29-23-12-7-8-13-24(23)30-25/h3-9,11-16,22,27H,2,10,17-19H2,1H3,(H,28,31)/b5-3-,9-6-,20-11+. The number of nitrogens with one attached hydrogen (secondary N) is 2. The van der Waals surface area contributed by atoms with Gasteiger partial charge in [-0.25, -0.2) is 4.98 Å². The van der Waals surface area contributed by atoms with Crippen LogP contribution in [0.1, 0.15) is 25.7 Å². The minimum absolute atomic E-state index is 0.301. The summed E-state index contributed by atoms with van der Waals surface area (Å²) in [6.07, 6.45) is 20.2. The van der Waals surface area contributed by atoms with E-state index in [1.807, 2.05) is 55.5 Å². The fraction of sp³-hybridized carbons (Fsp3) is 0.231. The normalized spacial score (nSPS) is 16.9. The second-order valence-electron chi connectivity index (χ2n) is 7.12. The first-order valence-corrected chi connectivity index (χ1v) is 11.0. The molecule has 1 aromatic carbocycles. The fourth-order valence-electron chi connectivity index (χ4n) is 3.20. The van der Waals surface area contributed by atoms with Crippen molar-refractivity contribution in [3.8, 4) is 0 Å². The molecule has 0 fully saturated rings. The number of rotatable bonds is 10. The fourth-order valence-corrected chi connectivity index (χ4v) is 3.45. The number of thiocarbonyl (C=S) groups is 1. The molecule has 0 bridgehead atoms. The van der Waals surface area contributed by atoms with Gasteiger partial charge in [-0.3, -0.25) is 0 Å². The lowest BCUT2D eigenvalue weighted by atomic mass is 10.0. The van der Waals surface area contributed by atoms with Crippen LogP contribution in [-0.4, -0.2) is 29.1 Å². The molecule has 0 saturated heterocycles. The lowest BCUT2D eigenvalue weighted by Gasteiger charge is -2.16. The van der Waals surface area contributed by atoms with E-state index in [1.165, 1.54) is 0 Å². The van der Waals surface area contributed by atoms with Crippen molar-refractivity contribution in [1.29, 1.82) is 0 Å². The Morgan fingerprint density at radius 2 is 2.19 bits per heavy atom. The molecule has 0 spiro atoms. The third kappa shape index (κ3) is 6.74. The largest absolute Gasteiger partial charge is 0.436 e. The molecule has 1 aromatic heterocycles. The van der Waals surface area contributed by atoms with E-state index in [1.54, 1.807) is 6.08 Å². The summed E-state index contributed by atoms with van der Waals surface area (Å²) in [5.74, 6) is 0.677. The molecule has 31 heavy (non-hydrogen) atoms. The van der Waals surface area contributed by atoms with Gasteiger partial charge >= 0.3 is 0 Å². The van der Waals surface area contributed by atoms with Crippen LogP contribution in [0, 0.1) is 0 Å². The molecule has 0 amide bonds. The summed E-state index contributed by atoms with van der Waals surface area (Å²) in [7, 11) is 0. The van der Waals surface area contributed by atoms with Crippen molar-refractivity contribution in [3.63, 3.8) is 0 Å². The highest BCUT2D eigenvalue weighted by Crippen LogP contribution is 2.24. The molecule has 1 aliphatic carbocycles. The second-order valence-corrected chi connectivity index (χ2v) is 7.53. The second kappa shape index (κ2) is 12.0. The number of nitrogens with zero attached hydrogens (tertiary/aromatic N) is 1. The Balaban J connectivity index is 1.43. The summed E-state index contributed by atoms with van der Waals surface area (Å²) in [6, 6.07) is 8.13. The maximum Gasteiger partial charge on any atom is 0.226 e. The maximum absolute atomic E-state index is 5.86. The number of para-hydroxylation sites is 2. The van der Waals surface area contributed by atoms with Gasteiger partial charge in [0.1, 0.15) is 10.5 Å². The SMILES string of the molecule is C=C/C(=C\CCNC1C=CC(c2nc3ccccc3o2)=CC1)C(=S)NC/C=C\C=C/C. The van der Waals surface area contributed by atoms with Crippen molar-refractivity contribution in [3.05, 3.63) is 97.0 Å². The topological polar surface area (TPSA) is 50.1 Å². The van der Waals surface area contributed by atoms with Crippen LogP contribution in [0.25, 0.3) is 16.7 Å². The highest BCUT2D eigenvalue weighted by molar-refractivity contribution is 7.80. The van der Waals surface area contributed by atoms with Gasteiger partial charge in [0, 0.05) is 23.7 Å². The first kappa shape index (κ1) is 22.7. The summed E-state index contributed by atoms with van der Waals surface area (Å²) in [4.78, 5) is 5.29. The van der Waals surface area contributed by atoms with Crippen LogP contribution in [0.3, 0.4) is 0 Å². The molecule has 0 saturated carbocycles. The van der Waals surface area contributed by atoms with E-state index >= 15 is 0 Å². The first-order chi connectivity index (χ1) is 15.2. The summed E-state index contributed by atoms with van der Waals surface area (Å²) in [5, 5.41) is 6.79. The van der Waals surface area contributed by atoms with Gasteiger partial charge in [0.05, 0.1) is 0 Å². The predicted molar refractivity (Wildman–Crippen MR) is 135 cm³/mol. The summed E-state index contributed by atoms with van der Waals surface area (Å²) in [5.41, 5.74) is 3.70. The highest BCUT2D eigenvalue weighted by atomic mass is 32.1. The van der Waals surface area contributed by atoms with Crippen LogP contribution in [-0.2, 0) is 0 Å². The Morgan fingerprint density at radius 1 is 1.32 bits per heavy atom. The Bertz CT molecular complexity index is 1020. The lowest BCUT2D eigenvalue weighted by molar-refractivity contribution is 0.578. The average molecular weight is 432 g/mol. The molecule has 1 heterocycles. The van der Waals surface area contributed by atoms with Crippen molar-refractivity contribution in [1.82, 2.24) is 15.6 Å². The van der Waals surface area contributed by atoms with Gasteiger partial charge < -0.3 is 15.1 Å². The molecule has 4 nitrogen and oxygen atoms in total. The van der Waals surface area contributed by atoms with Crippen molar-refractivity contribution in [2.45, 2.75) is 25.8 Å². The van der Waals surface area contributed by atoms with Crippen LogP contribution in [0.5, 0.6) is 0 Å². The van der Waals surface area contributed by atoms with Crippen LogP contribution in [0.4, 0.5) is 0 Å². The Labute approximate surface area is 189 Å². The highest BCUT2D eigenvalue weighted by Gasteiger charge is 2.13. The van der Waals surface area contributed by atoms with Crippen molar-refractivity contribution in [2.75, 3.05) is 13.1 Å². The summed E-state index contributed by atoms with van der Waals surface area (Å²) in [6.45, 7) is 7.44. The number of benzene rings is 1. The van der Waals surface area contributed by atoms with Gasteiger partial charge in [-0.15, -0.1) is 0 Å². The van der Waals surface area contributed by atoms with Gasteiger partial charge in [-0.05, 0) is 38.4 Å². The van der Waals surface area contributed by atoms with E-state index in [2.05, 4.69) is 46.5 Å². The lowest BCUT2D eigenvalue weighted by Crippen LogP contribution is -2.28. The summed E-state index contributed by atoms with van der Waals surface area (Å²) < 4.78 is 5.86. The van der Waals surface area contributed by atoms with E-state index in [-0.39, 0.29) is 0 Å². The molecule has 0 radical (unpaired) electrons. The maximum atomic E-state index is 5.86. The Kier molecular flexibility index (Phi) is 8.76. The third-order valence-corrected chi connectivity index (χ3v) is 5.24. The number of hydrogen-bond acceptors (Lipinski definition) is 4. The minimum Gasteiger partial charge on any atom is -0.436 e. The van der Waals surface area contributed by atoms with Gasteiger partial charge in [0.25, 0.3) is 0 Å².